The van der Waals surface area contributed by atoms with Crippen molar-refractivity contribution < 1.29 is 14.3 Å². The van der Waals surface area contributed by atoms with Crippen LogP contribution in [0.4, 0.5) is 15.8 Å². The van der Waals surface area contributed by atoms with Crippen molar-refractivity contribution >= 4 is 17.3 Å². The number of halogens is 1. The molecule has 0 spiro atoms. The standard InChI is InChI=1S/C19H18FN3O2/c1-12-2-5-17(16(20)8-12)22-18-9-13(10-21)3-4-15(18)19(25)23-7-6-14(24)11-23/h2-5,8-9,14,22,24H,6-7,11H2,1H3/t14-/m0/s1. The second kappa shape index (κ2) is 6.91. The van der Waals surface area contributed by atoms with Gasteiger partial charge in [-0.1, -0.05) is 6.07 Å². The summed E-state index contributed by atoms with van der Waals surface area (Å²) in [6, 6.07) is 11.4. The largest absolute Gasteiger partial charge is 0.391 e. The van der Waals surface area contributed by atoms with Crippen LogP contribution in [-0.4, -0.2) is 35.1 Å². The lowest BCUT2D eigenvalue weighted by Crippen LogP contribution is -2.30. The molecule has 1 amide bonds. The van der Waals surface area contributed by atoms with Crippen molar-refractivity contribution in [2.45, 2.75) is 19.4 Å². The zero-order valence-corrected chi connectivity index (χ0v) is 13.8. The molecule has 0 saturated carbocycles. The summed E-state index contributed by atoms with van der Waals surface area (Å²) in [5.41, 5.74) is 2.10. The van der Waals surface area contributed by atoms with Crippen LogP contribution in [0.5, 0.6) is 0 Å². The monoisotopic (exact) mass is 339 g/mol. The van der Waals surface area contributed by atoms with Crippen LogP contribution in [0.3, 0.4) is 0 Å². The van der Waals surface area contributed by atoms with Gasteiger partial charge < -0.3 is 15.3 Å². The van der Waals surface area contributed by atoms with Gasteiger partial charge in [0.25, 0.3) is 5.91 Å². The van der Waals surface area contributed by atoms with E-state index in [9.17, 15) is 14.3 Å². The molecular formula is C19H18FN3O2. The molecular weight excluding hydrogens is 321 g/mol. The highest BCUT2D eigenvalue weighted by Gasteiger charge is 2.27. The first-order chi connectivity index (χ1) is 12.0. The van der Waals surface area contributed by atoms with Crippen molar-refractivity contribution in [3.63, 3.8) is 0 Å². The Labute approximate surface area is 145 Å². The summed E-state index contributed by atoms with van der Waals surface area (Å²) < 4.78 is 14.1. The van der Waals surface area contributed by atoms with Crippen molar-refractivity contribution in [3.05, 3.63) is 58.9 Å². The summed E-state index contributed by atoms with van der Waals surface area (Å²) in [5.74, 6) is -0.687. The van der Waals surface area contributed by atoms with Crippen molar-refractivity contribution in [3.8, 4) is 6.07 Å². The Bertz CT molecular complexity index is 860. The summed E-state index contributed by atoms with van der Waals surface area (Å²) in [7, 11) is 0. The highest BCUT2D eigenvalue weighted by Crippen LogP contribution is 2.27. The number of hydrogen-bond donors (Lipinski definition) is 2. The fraction of sp³-hybridized carbons (Fsp3) is 0.263. The van der Waals surface area contributed by atoms with Crippen LogP contribution in [-0.2, 0) is 0 Å². The summed E-state index contributed by atoms with van der Waals surface area (Å²) >= 11 is 0. The van der Waals surface area contributed by atoms with E-state index in [4.69, 9.17) is 5.26 Å². The maximum atomic E-state index is 14.1. The lowest BCUT2D eigenvalue weighted by Gasteiger charge is -2.19. The normalized spacial score (nSPS) is 16.6. The van der Waals surface area contributed by atoms with E-state index in [-0.39, 0.29) is 18.1 Å². The number of carbonyl (C=O) groups excluding carboxylic acids is 1. The molecule has 0 radical (unpaired) electrons. The third kappa shape index (κ3) is 3.62. The number of nitrogens with zero attached hydrogens (tertiary/aromatic N) is 2. The third-order valence-electron chi connectivity index (χ3n) is 4.22. The Kier molecular flexibility index (Phi) is 4.68. The molecule has 6 heteroatoms. The zero-order valence-electron chi connectivity index (χ0n) is 13.8. The Morgan fingerprint density at radius 2 is 2.12 bits per heavy atom. The average molecular weight is 339 g/mol. The molecule has 2 aromatic carbocycles. The second-order valence-electron chi connectivity index (χ2n) is 6.17. The molecule has 0 aromatic heterocycles. The minimum atomic E-state index is -0.520. The number of aliphatic hydroxyl groups excluding tert-OH is 1. The quantitative estimate of drug-likeness (QED) is 0.901. The number of carbonyl (C=O) groups is 1. The minimum absolute atomic E-state index is 0.233. The van der Waals surface area contributed by atoms with E-state index in [0.29, 0.717) is 29.8 Å². The Balaban J connectivity index is 1.96. The lowest BCUT2D eigenvalue weighted by molar-refractivity contribution is 0.0766. The maximum Gasteiger partial charge on any atom is 0.256 e. The van der Waals surface area contributed by atoms with Crippen LogP contribution in [0.2, 0.25) is 0 Å². The van der Waals surface area contributed by atoms with Gasteiger partial charge in [0.2, 0.25) is 0 Å². The zero-order chi connectivity index (χ0) is 18.0. The molecule has 1 aliphatic rings. The first-order valence-electron chi connectivity index (χ1n) is 8.02. The van der Waals surface area contributed by atoms with E-state index >= 15 is 0 Å². The van der Waals surface area contributed by atoms with Crippen molar-refractivity contribution in [1.29, 1.82) is 5.26 Å². The number of nitrogens with one attached hydrogen (secondary N) is 1. The lowest BCUT2D eigenvalue weighted by atomic mass is 10.1. The molecule has 1 fully saturated rings. The van der Waals surface area contributed by atoms with Crippen molar-refractivity contribution in [2.75, 3.05) is 18.4 Å². The molecule has 1 aliphatic heterocycles. The topological polar surface area (TPSA) is 76.4 Å². The van der Waals surface area contributed by atoms with Crippen LogP contribution in [0.15, 0.2) is 36.4 Å². The van der Waals surface area contributed by atoms with Gasteiger partial charge in [0, 0.05) is 13.1 Å². The summed E-state index contributed by atoms with van der Waals surface area (Å²) in [5, 5.41) is 21.7. The van der Waals surface area contributed by atoms with Gasteiger partial charge in [-0.2, -0.15) is 5.26 Å². The van der Waals surface area contributed by atoms with Crippen LogP contribution >= 0.6 is 0 Å². The smallest absolute Gasteiger partial charge is 0.256 e. The van der Waals surface area contributed by atoms with Crippen LogP contribution in [0, 0.1) is 24.1 Å². The van der Waals surface area contributed by atoms with Gasteiger partial charge in [0.05, 0.1) is 34.7 Å². The van der Waals surface area contributed by atoms with E-state index in [1.807, 2.05) is 6.07 Å². The molecule has 0 bridgehead atoms. The number of benzene rings is 2. The molecule has 1 atom stereocenters. The molecule has 0 unspecified atom stereocenters. The van der Waals surface area contributed by atoms with E-state index in [1.165, 1.54) is 12.1 Å². The van der Waals surface area contributed by atoms with Gasteiger partial charge in [0.15, 0.2) is 0 Å². The minimum Gasteiger partial charge on any atom is -0.391 e. The number of likely N-dealkylation sites (tertiary alicyclic amines) is 1. The number of hydrogen-bond acceptors (Lipinski definition) is 4. The molecule has 2 N–H and O–H groups in total. The number of aliphatic hydroxyl groups is 1. The summed E-state index contributed by atoms with van der Waals surface area (Å²) in [4.78, 5) is 14.3. The first-order valence-corrected chi connectivity index (χ1v) is 8.02. The second-order valence-corrected chi connectivity index (χ2v) is 6.17. The van der Waals surface area contributed by atoms with Gasteiger partial charge in [-0.3, -0.25) is 4.79 Å². The Hall–Kier alpha value is -2.91. The van der Waals surface area contributed by atoms with E-state index in [0.717, 1.165) is 5.56 Å². The third-order valence-corrected chi connectivity index (χ3v) is 4.22. The number of β-amino-alcohol motifs (C(OH)–C–C–N with tert-alkyl or cyclic N) is 1. The number of rotatable bonds is 3. The highest BCUT2D eigenvalue weighted by atomic mass is 19.1. The van der Waals surface area contributed by atoms with Gasteiger partial charge in [0.1, 0.15) is 5.82 Å². The van der Waals surface area contributed by atoms with Gasteiger partial charge in [-0.05, 0) is 49.2 Å². The SMILES string of the molecule is Cc1ccc(Nc2cc(C#N)ccc2C(=O)N2CC[C@H](O)C2)c(F)c1. The predicted molar refractivity (Wildman–Crippen MR) is 92.1 cm³/mol. The predicted octanol–water partition coefficient (Wildman–Crippen LogP) is 2.96. The summed E-state index contributed by atoms with van der Waals surface area (Å²) in [6.07, 6.45) is 0.0190. The van der Waals surface area contributed by atoms with Crippen LogP contribution < -0.4 is 5.32 Å². The molecule has 1 heterocycles. The molecule has 128 valence electrons. The summed E-state index contributed by atoms with van der Waals surface area (Å²) in [6.45, 7) is 2.53. The van der Waals surface area contributed by atoms with Crippen LogP contribution in [0.1, 0.15) is 27.9 Å². The molecule has 5 nitrogen and oxygen atoms in total. The molecule has 0 aliphatic carbocycles. The number of amides is 1. The van der Waals surface area contributed by atoms with E-state index in [1.54, 1.807) is 36.1 Å². The first kappa shape index (κ1) is 16.9. The van der Waals surface area contributed by atoms with Crippen molar-refractivity contribution in [2.24, 2.45) is 0 Å². The number of aryl methyl sites for hydroxylation is 1. The Morgan fingerprint density at radius 1 is 1.32 bits per heavy atom. The fourth-order valence-corrected chi connectivity index (χ4v) is 2.87. The Morgan fingerprint density at radius 3 is 2.76 bits per heavy atom. The van der Waals surface area contributed by atoms with Gasteiger partial charge in [-0.25, -0.2) is 4.39 Å². The van der Waals surface area contributed by atoms with Gasteiger partial charge in [-0.15, -0.1) is 0 Å². The fourth-order valence-electron chi connectivity index (χ4n) is 2.87. The highest BCUT2D eigenvalue weighted by molar-refractivity contribution is 6.00. The molecule has 3 rings (SSSR count). The maximum absolute atomic E-state index is 14.1. The van der Waals surface area contributed by atoms with E-state index in [2.05, 4.69) is 5.32 Å². The number of nitriles is 1. The van der Waals surface area contributed by atoms with Gasteiger partial charge >= 0.3 is 0 Å². The average Bonchev–Trinajstić information content (AvgIpc) is 3.03. The molecule has 25 heavy (non-hydrogen) atoms. The van der Waals surface area contributed by atoms with Crippen molar-refractivity contribution in [1.82, 2.24) is 4.90 Å². The number of anilines is 2. The van der Waals surface area contributed by atoms with E-state index < -0.39 is 11.9 Å². The molecule has 1 saturated heterocycles. The van der Waals surface area contributed by atoms with Crippen LogP contribution in [0.25, 0.3) is 0 Å². The molecule has 2 aromatic rings.